The fourth-order valence-electron chi connectivity index (χ4n) is 0.611. The Bertz CT molecular complexity index is 81.0. The summed E-state index contributed by atoms with van der Waals surface area (Å²) in [5.74, 6) is 0. The molecule has 0 aromatic rings. The number of aliphatic hydroxyl groups is 1. The van der Waals surface area contributed by atoms with Crippen molar-refractivity contribution in [3.05, 3.63) is 12.2 Å². The van der Waals surface area contributed by atoms with Gasteiger partial charge in [0, 0.05) is 0 Å². The number of hydrogen-bond acceptors (Lipinski definition) is 2. The molecule has 0 aromatic carbocycles. The lowest BCUT2D eigenvalue weighted by Gasteiger charge is -2.02. The van der Waals surface area contributed by atoms with Crippen LogP contribution >= 0.6 is 0 Å². The minimum absolute atomic E-state index is 0.276. The summed E-state index contributed by atoms with van der Waals surface area (Å²) in [6.07, 6.45) is 4.17. The van der Waals surface area contributed by atoms with Gasteiger partial charge in [-0.2, -0.15) is 0 Å². The Morgan fingerprint density at radius 3 is 2.78 bits per heavy atom. The molecule has 0 bridgehead atoms. The number of aliphatic hydroxyl groups excluding tert-OH is 1. The molecule has 2 N–H and O–H groups in total. The molecule has 0 aliphatic heterocycles. The largest absolute Gasteiger partial charge is 0.389 e. The highest BCUT2D eigenvalue weighted by atomic mass is 16.3. The van der Waals surface area contributed by atoms with E-state index < -0.39 is 0 Å². The molecule has 0 heterocycles. The summed E-state index contributed by atoms with van der Waals surface area (Å²) in [6, 6.07) is 0. The van der Waals surface area contributed by atoms with Gasteiger partial charge in [-0.15, -0.1) is 0 Å². The van der Waals surface area contributed by atoms with Gasteiger partial charge in [0.25, 0.3) is 0 Å². The third-order valence-corrected chi connectivity index (χ3v) is 1.10. The summed E-state index contributed by atoms with van der Waals surface area (Å²) >= 11 is 0. The molecule has 0 saturated heterocycles. The molecule has 0 aliphatic rings. The molecular weight excluding hydrogens is 114 g/mol. The molecule has 2 nitrogen and oxygen atoms in total. The van der Waals surface area contributed by atoms with Crippen molar-refractivity contribution >= 4 is 0 Å². The highest BCUT2D eigenvalue weighted by Gasteiger charge is 1.94. The normalized spacial score (nSPS) is 14.6. The van der Waals surface area contributed by atoms with Crippen molar-refractivity contribution in [2.24, 2.45) is 0 Å². The van der Waals surface area contributed by atoms with E-state index in [4.69, 9.17) is 5.11 Å². The molecule has 0 spiro atoms. The molecule has 0 aliphatic carbocycles. The Morgan fingerprint density at radius 2 is 2.33 bits per heavy atom. The lowest BCUT2D eigenvalue weighted by atomic mass is 10.2. The van der Waals surface area contributed by atoms with E-state index in [9.17, 15) is 0 Å². The van der Waals surface area contributed by atoms with Crippen LogP contribution in [0.5, 0.6) is 0 Å². The van der Waals surface area contributed by atoms with Gasteiger partial charge in [0.2, 0.25) is 0 Å². The summed E-state index contributed by atoms with van der Waals surface area (Å²) in [5, 5.41) is 12.0. The zero-order valence-corrected chi connectivity index (χ0v) is 6.09. The highest BCUT2D eigenvalue weighted by molar-refractivity contribution is 4.85. The van der Waals surface area contributed by atoms with Crippen LogP contribution in [0.1, 0.15) is 13.3 Å². The van der Waals surface area contributed by atoms with E-state index in [1.807, 2.05) is 20.0 Å². The molecule has 9 heavy (non-hydrogen) atoms. The summed E-state index contributed by atoms with van der Waals surface area (Å²) in [4.78, 5) is 0. The van der Waals surface area contributed by atoms with Gasteiger partial charge in [-0.05, 0) is 26.9 Å². The number of rotatable bonds is 4. The third kappa shape index (κ3) is 5.53. The van der Waals surface area contributed by atoms with Crippen LogP contribution in [-0.2, 0) is 0 Å². The van der Waals surface area contributed by atoms with Crippen LogP contribution in [0.2, 0.25) is 0 Å². The van der Waals surface area contributed by atoms with Crippen molar-refractivity contribution < 1.29 is 5.11 Å². The average molecular weight is 129 g/mol. The van der Waals surface area contributed by atoms with Crippen molar-refractivity contribution in [2.45, 2.75) is 19.4 Å². The molecule has 0 aromatic heterocycles. The summed E-state index contributed by atoms with van der Waals surface area (Å²) in [5.41, 5.74) is 0. The van der Waals surface area contributed by atoms with Crippen LogP contribution in [0.4, 0.5) is 0 Å². The monoisotopic (exact) mass is 129 g/mol. The maximum atomic E-state index is 9.05. The maximum absolute atomic E-state index is 9.05. The second kappa shape index (κ2) is 5.79. The number of nitrogens with one attached hydrogen (secondary N) is 1. The summed E-state index contributed by atoms with van der Waals surface area (Å²) < 4.78 is 0. The molecule has 54 valence electrons. The topological polar surface area (TPSA) is 32.3 Å². The van der Waals surface area contributed by atoms with Crippen LogP contribution in [-0.4, -0.2) is 24.8 Å². The van der Waals surface area contributed by atoms with Gasteiger partial charge in [0.05, 0.1) is 6.10 Å². The van der Waals surface area contributed by atoms with E-state index in [0.29, 0.717) is 0 Å². The van der Waals surface area contributed by atoms with Gasteiger partial charge in [0.15, 0.2) is 0 Å². The van der Waals surface area contributed by atoms with E-state index in [-0.39, 0.29) is 6.10 Å². The minimum atomic E-state index is -0.276. The van der Waals surface area contributed by atoms with E-state index in [1.54, 1.807) is 6.08 Å². The SMILES string of the molecule is CC=CC(O)CCNC. The Morgan fingerprint density at radius 1 is 1.67 bits per heavy atom. The van der Waals surface area contributed by atoms with E-state index in [1.165, 1.54) is 0 Å². The van der Waals surface area contributed by atoms with Crippen molar-refractivity contribution in [3.8, 4) is 0 Å². The maximum Gasteiger partial charge on any atom is 0.0732 e. The van der Waals surface area contributed by atoms with Crippen LogP contribution in [0.25, 0.3) is 0 Å². The van der Waals surface area contributed by atoms with Crippen molar-refractivity contribution in [3.63, 3.8) is 0 Å². The van der Waals surface area contributed by atoms with E-state index >= 15 is 0 Å². The lowest BCUT2D eigenvalue weighted by Crippen LogP contribution is -2.14. The van der Waals surface area contributed by atoms with E-state index in [2.05, 4.69) is 5.32 Å². The van der Waals surface area contributed by atoms with Gasteiger partial charge < -0.3 is 10.4 Å². The lowest BCUT2D eigenvalue weighted by molar-refractivity contribution is 0.212. The predicted octanol–water partition coefficient (Wildman–Crippen LogP) is 0.533. The van der Waals surface area contributed by atoms with Crippen molar-refractivity contribution in [1.82, 2.24) is 5.32 Å². The van der Waals surface area contributed by atoms with Crippen LogP contribution in [0, 0.1) is 0 Å². The zero-order valence-electron chi connectivity index (χ0n) is 6.09. The van der Waals surface area contributed by atoms with Crippen molar-refractivity contribution in [2.75, 3.05) is 13.6 Å². The molecular formula is C7H15NO. The van der Waals surface area contributed by atoms with Gasteiger partial charge in [0.1, 0.15) is 0 Å². The van der Waals surface area contributed by atoms with Gasteiger partial charge in [-0.25, -0.2) is 0 Å². The minimum Gasteiger partial charge on any atom is -0.389 e. The van der Waals surface area contributed by atoms with Crippen LogP contribution < -0.4 is 5.32 Å². The van der Waals surface area contributed by atoms with Crippen LogP contribution in [0.15, 0.2) is 12.2 Å². The predicted molar refractivity (Wildman–Crippen MR) is 39.4 cm³/mol. The first-order chi connectivity index (χ1) is 4.31. The molecule has 0 fully saturated rings. The first-order valence-corrected chi connectivity index (χ1v) is 3.26. The second-order valence-corrected chi connectivity index (χ2v) is 1.99. The quantitative estimate of drug-likeness (QED) is 0.543. The molecule has 0 radical (unpaired) electrons. The Balaban J connectivity index is 3.15. The zero-order chi connectivity index (χ0) is 7.11. The second-order valence-electron chi connectivity index (χ2n) is 1.99. The number of hydrogen-bond donors (Lipinski definition) is 2. The first kappa shape index (κ1) is 8.66. The standard InChI is InChI=1S/C7H15NO/c1-3-4-7(9)5-6-8-2/h3-4,7-9H,5-6H2,1-2H3. The Kier molecular flexibility index (Phi) is 5.57. The fourth-order valence-corrected chi connectivity index (χ4v) is 0.611. The van der Waals surface area contributed by atoms with Crippen LogP contribution in [0.3, 0.4) is 0 Å². The Labute approximate surface area is 56.6 Å². The van der Waals surface area contributed by atoms with Gasteiger partial charge in [-0.1, -0.05) is 12.2 Å². The van der Waals surface area contributed by atoms with Crippen molar-refractivity contribution in [1.29, 1.82) is 0 Å². The average Bonchev–Trinajstić information content (AvgIpc) is 1.85. The fraction of sp³-hybridized carbons (Fsp3) is 0.714. The summed E-state index contributed by atoms with van der Waals surface area (Å²) in [6.45, 7) is 2.77. The molecule has 0 rings (SSSR count). The molecule has 1 unspecified atom stereocenters. The molecule has 0 amide bonds. The molecule has 2 heteroatoms. The number of allylic oxidation sites excluding steroid dienone is 1. The highest BCUT2D eigenvalue weighted by Crippen LogP contribution is 1.90. The Hall–Kier alpha value is -0.340. The smallest absolute Gasteiger partial charge is 0.0732 e. The molecule has 0 saturated carbocycles. The van der Waals surface area contributed by atoms with Gasteiger partial charge >= 0.3 is 0 Å². The van der Waals surface area contributed by atoms with E-state index in [0.717, 1.165) is 13.0 Å². The molecule has 1 atom stereocenters. The first-order valence-electron chi connectivity index (χ1n) is 3.26. The third-order valence-electron chi connectivity index (χ3n) is 1.10. The van der Waals surface area contributed by atoms with Gasteiger partial charge in [-0.3, -0.25) is 0 Å². The summed E-state index contributed by atoms with van der Waals surface area (Å²) in [7, 11) is 1.88.